The van der Waals surface area contributed by atoms with Gasteiger partial charge in [-0.05, 0) is 56.3 Å². The molecule has 2 N–H and O–H groups in total. The minimum Gasteiger partial charge on any atom is -0.369 e. The molecule has 2 aliphatic rings. The Balaban J connectivity index is 1.40. The normalized spacial score (nSPS) is 17.8. The molecule has 4 rings (SSSR count). The summed E-state index contributed by atoms with van der Waals surface area (Å²) in [4.78, 5) is 21.3. The molecule has 6 nitrogen and oxygen atoms in total. The number of nitrogens with one attached hydrogen (secondary N) is 2. The lowest BCUT2D eigenvalue weighted by molar-refractivity contribution is 0.0951. The van der Waals surface area contributed by atoms with E-state index in [1.807, 2.05) is 0 Å². The summed E-state index contributed by atoms with van der Waals surface area (Å²) in [6.45, 7) is 4.31. The first-order valence-corrected chi connectivity index (χ1v) is 9.25. The average Bonchev–Trinajstić information content (AvgIpc) is 3.47. The number of benzene rings is 1. The summed E-state index contributed by atoms with van der Waals surface area (Å²) in [6.07, 6.45) is 3.84. The molecule has 0 atom stereocenters. The molecular formula is C20H25N5O. The number of hydrogen-bond acceptors (Lipinski definition) is 5. The maximum atomic E-state index is 12.2. The second-order valence-corrected chi connectivity index (χ2v) is 7.14. The van der Waals surface area contributed by atoms with Crippen LogP contribution in [0.15, 0.2) is 42.6 Å². The van der Waals surface area contributed by atoms with Crippen LogP contribution in [0.4, 0.5) is 17.2 Å². The van der Waals surface area contributed by atoms with Crippen LogP contribution in [0.1, 0.15) is 23.2 Å². The molecule has 0 unspecified atom stereocenters. The Morgan fingerprint density at radius 3 is 2.50 bits per heavy atom. The molecule has 1 amide bonds. The number of carbonyl (C=O) groups excluding carboxylic acids is 1. The fraction of sp³-hybridized carbons (Fsp3) is 0.400. The third-order valence-corrected chi connectivity index (χ3v) is 4.94. The van der Waals surface area contributed by atoms with Gasteiger partial charge in [-0.1, -0.05) is 0 Å². The van der Waals surface area contributed by atoms with E-state index < -0.39 is 0 Å². The summed E-state index contributed by atoms with van der Waals surface area (Å²) >= 11 is 0. The molecule has 0 radical (unpaired) electrons. The van der Waals surface area contributed by atoms with E-state index in [9.17, 15) is 4.79 Å². The van der Waals surface area contributed by atoms with Gasteiger partial charge in [0.05, 0.1) is 0 Å². The van der Waals surface area contributed by atoms with E-state index in [-0.39, 0.29) is 5.91 Å². The molecule has 1 aliphatic carbocycles. The maximum absolute atomic E-state index is 12.2. The lowest BCUT2D eigenvalue weighted by Crippen LogP contribution is -2.44. The van der Waals surface area contributed by atoms with Crippen molar-refractivity contribution in [3.63, 3.8) is 0 Å². The van der Waals surface area contributed by atoms with Gasteiger partial charge in [0.2, 0.25) is 0 Å². The number of anilines is 3. The number of rotatable bonds is 5. The van der Waals surface area contributed by atoms with Gasteiger partial charge in [-0.3, -0.25) is 4.79 Å². The molecule has 1 aliphatic heterocycles. The first kappa shape index (κ1) is 16.8. The van der Waals surface area contributed by atoms with Crippen molar-refractivity contribution >= 4 is 23.1 Å². The van der Waals surface area contributed by atoms with Gasteiger partial charge in [-0.2, -0.15) is 0 Å². The molecule has 2 aromatic rings. The Kier molecular flexibility index (Phi) is 4.75. The van der Waals surface area contributed by atoms with Crippen LogP contribution in [0.25, 0.3) is 0 Å². The fourth-order valence-electron chi connectivity index (χ4n) is 3.10. The topological polar surface area (TPSA) is 60.5 Å². The number of likely N-dealkylation sites (N-methyl/N-ethyl adjacent to an activating group) is 1. The summed E-state index contributed by atoms with van der Waals surface area (Å²) < 4.78 is 0. The van der Waals surface area contributed by atoms with Gasteiger partial charge in [0.1, 0.15) is 5.82 Å². The second-order valence-electron chi connectivity index (χ2n) is 7.14. The number of piperazine rings is 1. The van der Waals surface area contributed by atoms with Gasteiger partial charge in [-0.15, -0.1) is 0 Å². The molecule has 136 valence electrons. The average molecular weight is 351 g/mol. The number of amides is 1. The van der Waals surface area contributed by atoms with Crippen molar-refractivity contribution in [1.29, 1.82) is 0 Å². The molecule has 2 heterocycles. The summed E-state index contributed by atoms with van der Waals surface area (Å²) in [7, 11) is 2.16. The van der Waals surface area contributed by atoms with Crippen LogP contribution in [-0.4, -0.2) is 55.1 Å². The van der Waals surface area contributed by atoms with E-state index in [2.05, 4.69) is 56.7 Å². The Bertz CT molecular complexity index is 764. The lowest BCUT2D eigenvalue weighted by Gasteiger charge is -2.34. The van der Waals surface area contributed by atoms with Crippen molar-refractivity contribution in [2.45, 2.75) is 18.9 Å². The highest BCUT2D eigenvalue weighted by molar-refractivity contribution is 5.95. The first-order chi connectivity index (χ1) is 12.7. The highest BCUT2D eigenvalue weighted by atomic mass is 16.1. The summed E-state index contributed by atoms with van der Waals surface area (Å²) in [6, 6.07) is 12.3. The predicted molar refractivity (Wildman–Crippen MR) is 104 cm³/mol. The van der Waals surface area contributed by atoms with Gasteiger partial charge in [0.15, 0.2) is 0 Å². The minimum atomic E-state index is -0.0247. The van der Waals surface area contributed by atoms with Gasteiger partial charge < -0.3 is 20.4 Å². The van der Waals surface area contributed by atoms with Gasteiger partial charge in [0, 0.05) is 55.4 Å². The van der Waals surface area contributed by atoms with E-state index in [1.165, 1.54) is 5.69 Å². The van der Waals surface area contributed by atoms with E-state index in [0.717, 1.165) is 44.7 Å². The van der Waals surface area contributed by atoms with E-state index in [0.29, 0.717) is 17.4 Å². The van der Waals surface area contributed by atoms with E-state index >= 15 is 0 Å². The van der Waals surface area contributed by atoms with Crippen molar-refractivity contribution in [3.8, 4) is 0 Å². The quantitative estimate of drug-likeness (QED) is 0.867. The molecular weight excluding hydrogens is 326 g/mol. The number of pyridine rings is 1. The summed E-state index contributed by atoms with van der Waals surface area (Å²) in [5, 5.41) is 6.29. The van der Waals surface area contributed by atoms with Crippen LogP contribution >= 0.6 is 0 Å². The summed E-state index contributed by atoms with van der Waals surface area (Å²) in [5.74, 6) is 0.657. The first-order valence-electron chi connectivity index (χ1n) is 9.25. The largest absolute Gasteiger partial charge is 0.369 e. The SMILES string of the molecule is CN1CCN(c2ccc(Nc3cc(C(=O)NC4CC4)ccn3)cc2)CC1. The van der Waals surface area contributed by atoms with E-state index in [4.69, 9.17) is 0 Å². The zero-order valence-corrected chi connectivity index (χ0v) is 15.1. The van der Waals surface area contributed by atoms with Crippen LogP contribution in [0.5, 0.6) is 0 Å². The van der Waals surface area contributed by atoms with Crippen molar-refractivity contribution in [2.75, 3.05) is 43.4 Å². The Labute approximate surface area is 154 Å². The Hall–Kier alpha value is -2.60. The van der Waals surface area contributed by atoms with E-state index in [1.54, 1.807) is 18.3 Å². The molecule has 0 spiro atoms. The molecule has 1 saturated heterocycles. The van der Waals surface area contributed by atoms with Gasteiger partial charge in [0.25, 0.3) is 5.91 Å². The van der Waals surface area contributed by atoms with Crippen molar-refractivity contribution < 1.29 is 4.79 Å². The molecule has 2 fully saturated rings. The minimum absolute atomic E-state index is 0.0247. The monoisotopic (exact) mass is 351 g/mol. The third kappa shape index (κ3) is 4.14. The Morgan fingerprint density at radius 2 is 1.81 bits per heavy atom. The molecule has 1 saturated carbocycles. The van der Waals surface area contributed by atoms with Crippen LogP contribution in [0, 0.1) is 0 Å². The van der Waals surface area contributed by atoms with Crippen LogP contribution in [0.3, 0.4) is 0 Å². The lowest BCUT2D eigenvalue weighted by atomic mass is 10.2. The summed E-state index contributed by atoms with van der Waals surface area (Å²) in [5.41, 5.74) is 2.85. The van der Waals surface area contributed by atoms with Crippen molar-refractivity contribution in [3.05, 3.63) is 48.2 Å². The smallest absolute Gasteiger partial charge is 0.251 e. The number of hydrogen-bond donors (Lipinski definition) is 2. The molecule has 1 aromatic heterocycles. The fourth-order valence-corrected chi connectivity index (χ4v) is 3.10. The number of aromatic nitrogens is 1. The Morgan fingerprint density at radius 1 is 1.08 bits per heavy atom. The number of carbonyl (C=O) groups is 1. The van der Waals surface area contributed by atoms with Crippen molar-refractivity contribution in [1.82, 2.24) is 15.2 Å². The van der Waals surface area contributed by atoms with Crippen LogP contribution < -0.4 is 15.5 Å². The predicted octanol–water partition coefficient (Wildman–Crippen LogP) is 2.47. The highest BCUT2D eigenvalue weighted by Crippen LogP contribution is 2.22. The van der Waals surface area contributed by atoms with Crippen molar-refractivity contribution in [2.24, 2.45) is 0 Å². The third-order valence-electron chi connectivity index (χ3n) is 4.94. The standard InChI is InChI=1S/C20H25N5O/c1-24-10-12-25(13-11-24)18-6-4-16(5-7-18)22-19-14-15(8-9-21-19)20(26)23-17-2-3-17/h4-9,14,17H,2-3,10-13H2,1H3,(H,21,22)(H,23,26). The molecule has 26 heavy (non-hydrogen) atoms. The zero-order chi connectivity index (χ0) is 17.9. The second kappa shape index (κ2) is 7.33. The molecule has 6 heteroatoms. The van der Waals surface area contributed by atoms with Crippen LogP contribution in [-0.2, 0) is 0 Å². The highest BCUT2D eigenvalue weighted by Gasteiger charge is 2.23. The zero-order valence-electron chi connectivity index (χ0n) is 15.1. The number of nitrogens with zero attached hydrogens (tertiary/aromatic N) is 3. The van der Waals surface area contributed by atoms with Crippen LogP contribution in [0.2, 0.25) is 0 Å². The van der Waals surface area contributed by atoms with Gasteiger partial charge in [-0.25, -0.2) is 4.98 Å². The molecule has 1 aromatic carbocycles. The maximum Gasteiger partial charge on any atom is 0.251 e. The molecule has 0 bridgehead atoms. The van der Waals surface area contributed by atoms with Gasteiger partial charge >= 0.3 is 0 Å².